The Bertz CT molecular complexity index is 738. The van der Waals surface area contributed by atoms with Crippen molar-refractivity contribution >= 4 is 0 Å². The quantitative estimate of drug-likeness (QED) is 0.758. The van der Waals surface area contributed by atoms with E-state index in [1.165, 1.54) is 23.4 Å². The van der Waals surface area contributed by atoms with Crippen molar-refractivity contribution in [3.8, 4) is 5.69 Å². The van der Waals surface area contributed by atoms with Crippen LogP contribution in [0.4, 0.5) is 4.39 Å². The van der Waals surface area contributed by atoms with Gasteiger partial charge < -0.3 is 5.32 Å². The van der Waals surface area contributed by atoms with Gasteiger partial charge in [0.2, 0.25) is 0 Å². The Morgan fingerprint density at radius 2 is 2.13 bits per heavy atom. The van der Waals surface area contributed by atoms with Crippen molar-refractivity contribution < 1.29 is 4.39 Å². The summed E-state index contributed by atoms with van der Waals surface area (Å²) in [5, 5.41) is 11.6. The number of rotatable bonds is 6. The van der Waals surface area contributed by atoms with Crippen LogP contribution in [-0.4, -0.2) is 30.6 Å². The Morgan fingerprint density at radius 3 is 2.78 bits per heavy atom. The van der Waals surface area contributed by atoms with Crippen molar-refractivity contribution in [2.75, 3.05) is 0 Å². The lowest BCUT2D eigenvalue weighted by Gasteiger charge is -2.22. The molecule has 2 atom stereocenters. The maximum atomic E-state index is 14.2. The van der Waals surface area contributed by atoms with E-state index in [1.54, 1.807) is 12.3 Å². The summed E-state index contributed by atoms with van der Waals surface area (Å²) in [4.78, 5) is 3.83. The second kappa shape index (κ2) is 6.70. The molecule has 120 valence electrons. The average molecular weight is 314 g/mol. The van der Waals surface area contributed by atoms with Crippen LogP contribution < -0.4 is 5.32 Å². The molecule has 7 heteroatoms. The number of hydrogen-bond donors (Lipinski definition) is 1. The van der Waals surface area contributed by atoms with Gasteiger partial charge in [-0.1, -0.05) is 6.07 Å². The number of benzene rings is 1. The van der Waals surface area contributed by atoms with E-state index in [4.69, 9.17) is 0 Å². The summed E-state index contributed by atoms with van der Waals surface area (Å²) in [5.41, 5.74) is 1.27. The Kier molecular flexibility index (Phi) is 4.47. The molecule has 0 radical (unpaired) electrons. The number of nitrogens with one attached hydrogen (secondary N) is 1. The van der Waals surface area contributed by atoms with Crippen molar-refractivity contribution in [2.24, 2.45) is 0 Å². The van der Waals surface area contributed by atoms with Crippen LogP contribution in [0, 0.1) is 5.82 Å². The third-order valence-corrected chi connectivity index (χ3v) is 3.97. The van der Waals surface area contributed by atoms with Gasteiger partial charge in [0.25, 0.3) is 0 Å². The van der Waals surface area contributed by atoms with Crippen molar-refractivity contribution in [3.63, 3.8) is 0 Å². The van der Waals surface area contributed by atoms with Gasteiger partial charge in [-0.2, -0.15) is 10.2 Å². The molecule has 2 heterocycles. The second-order valence-corrected chi connectivity index (χ2v) is 5.52. The maximum absolute atomic E-state index is 14.2. The lowest BCUT2D eigenvalue weighted by atomic mass is 10.1. The molecule has 0 amide bonds. The van der Waals surface area contributed by atoms with Gasteiger partial charge in [0, 0.05) is 25.0 Å². The molecular formula is C16H19FN6. The van der Waals surface area contributed by atoms with Crippen molar-refractivity contribution in [1.82, 2.24) is 29.9 Å². The predicted molar refractivity (Wildman–Crippen MR) is 84.6 cm³/mol. The van der Waals surface area contributed by atoms with E-state index >= 15 is 0 Å². The molecule has 1 aromatic carbocycles. The molecule has 0 saturated heterocycles. The first-order valence-corrected chi connectivity index (χ1v) is 7.51. The van der Waals surface area contributed by atoms with Crippen molar-refractivity contribution in [1.29, 1.82) is 0 Å². The van der Waals surface area contributed by atoms with Crippen LogP contribution in [0.1, 0.15) is 25.5 Å². The van der Waals surface area contributed by atoms with E-state index in [1.807, 2.05) is 23.0 Å². The highest BCUT2D eigenvalue weighted by molar-refractivity contribution is 5.35. The summed E-state index contributed by atoms with van der Waals surface area (Å²) >= 11 is 0. The number of nitrogens with zero attached hydrogens (tertiary/aromatic N) is 5. The number of hydrogen-bond acceptors (Lipinski definition) is 4. The van der Waals surface area contributed by atoms with Gasteiger partial charge in [-0.3, -0.25) is 4.68 Å². The third-order valence-electron chi connectivity index (χ3n) is 3.97. The smallest absolute Gasteiger partial charge is 0.149 e. The normalized spacial score (nSPS) is 13.9. The monoisotopic (exact) mass is 314 g/mol. The molecule has 0 bridgehead atoms. The summed E-state index contributed by atoms with van der Waals surface area (Å²) in [6.45, 7) is 4.77. The van der Waals surface area contributed by atoms with Gasteiger partial charge in [-0.25, -0.2) is 14.1 Å². The SMILES string of the molecule is C[C@@H](NCc1ccc(-n2cncn2)c(F)c1)[C@H](C)n1cccn1. The summed E-state index contributed by atoms with van der Waals surface area (Å²) in [6, 6.07) is 7.44. The molecule has 3 rings (SSSR count). The fourth-order valence-corrected chi connectivity index (χ4v) is 2.38. The molecule has 23 heavy (non-hydrogen) atoms. The molecule has 1 N–H and O–H groups in total. The van der Waals surface area contributed by atoms with Gasteiger partial charge in [-0.15, -0.1) is 0 Å². The Labute approximate surface area is 134 Å². The number of halogens is 1. The highest BCUT2D eigenvalue weighted by atomic mass is 19.1. The molecular weight excluding hydrogens is 295 g/mol. The maximum Gasteiger partial charge on any atom is 0.149 e. The molecule has 0 aliphatic heterocycles. The molecule has 0 fully saturated rings. The highest BCUT2D eigenvalue weighted by Crippen LogP contribution is 2.15. The Balaban J connectivity index is 1.63. The molecule has 0 saturated carbocycles. The van der Waals surface area contributed by atoms with E-state index < -0.39 is 0 Å². The fourth-order valence-electron chi connectivity index (χ4n) is 2.38. The minimum absolute atomic E-state index is 0.202. The van der Waals surface area contributed by atoms with Crippen LogP contribution >= 0.6 is 0 Å². The zero-order chi connectivity index (χ0) is 16.2. The van der Waals surface area contributed by atoms with Crippen LogP contribution in [0.25, 0.3) is 5.69 Å². The van der Waals surface area contributed by atoms with E-state index in [2.05, 4.69) is 34.3 Å². The van der Waals surface area contributed by atoms with E-state index in [0.717, 1.165) is 5.56 Å². The van der Waals surface area contributed by atoms with Gasteiger partial charge >= 0.3 is 0 Å². The zero-order valence-corrected chi connectivity index (χ0v) is 13.1. The van der Waals surface area contributed by atoms with Crippen LogP contribution in [0.2, 0.25) is 0 Å². The van der Waals surface area contributed by atoms with Gasteiger partial charge in [0.05, 0.1) is 6.04 Å². The number of aromatic nitrogens is 5. The molecule has 3 aromatic rings. The van der Waals surface area contributed by atoms with E-state index in [-0.39, 0.29) is 17.9 Å². The summed E-state index contributed by atoms with van der Waals surface area (Å²) in [5.74, 6) is -0.317. The lowest BCUT2D eigenvalue weighted by Crippen LogP contribution is -2.33. The van der Waals surface area contributed by atoms with Gasteiger partial charge in [0.1, 0.15) is 24.2 Å². The third kappa shape index (κ3) is 3.45. The van der Waals surface area contributed by atoms with Gasteiger partial charge in [0.15, 0.2) is 0 Å². The molecule has 0 aliphatic carbocycles. The summed E-state index contributed by atoms with van der Waals surface area (Å²) < 4.78 is 17.5. The van der Waals surface area contributed by atoms with Crippen LogP contribution in [-0.2, 0) is 6.54 Å². The fraction of sp³-hybridized carbons (Fsp3) is 0.312. The minimum atomic E-state index is -0.317. The zero-order valence-electron chi connectivity index (χ0n) is 13.1. The Hall–Kier alpha value is -2.54. The average Bonchev–Trinajstić information content (AvgIpc) is 3.25. The first-order chi connectivity index (χ1) is 11.1. The van der Waals surface area contributed by atoms with Crippen LogP contribution in [0.15, 0.2) is 49.3 Å². The molecule has 0 spiro atoms. The summed E-state index contributed by atoms with van der Waals surface area (Å²) in [6.07, 6.45) is 6.56. The highest BCUT2D eigenvalue weighted by Gasteiger charge is 2.14. The summed E-state index contributed by atoms with van der Waals surface area (Å²) in [7, 11) is 0. The first-order valence-electron chi connectivity index (χ1n) is 7.51. The first kappa shape index (κ1) is 15.4. The predicted octanol–water partition coefficient (Wildman–Crippen LogP) is 2.34. The largest absolute Gasteiger partial charge is 0.308 e. The van der Waals surface area contributed by atoms with Gasteiger partial charge in [-0.05, 0) is 37.6 Å². The van der Waals surface area contributed by atoms with E-state index in [0.29, 0.717) is 12.2 Å². The molecule has 0 aliphatic rings. The lowest BCUT2D eigenvalue weighted by molar-refractivity contribution is 0.365. The van der Waals surface area contributed by atoms with Crippen molar-refractivity contribution in [3.05, 3.63) is 60.7 Å². The molecule has 2 aromatic heterocycles. The standard InChI is InChI=1S/C16H19FN6/c1-12(13(2)22-7-3-6-20-22)19-9-14-4-5-16(15(17)8-14)23-11-18-10-21-23/h3-8,10-13,19H,9H2,1-2H3/t12-,13+/m1/s1. The molecule has 0 unspecified atom stereocenters. The van der Waals surface area contributed by atoms with Crippen molar-refractivity contribution in [2.45, 2.75) is 32.5 Å². The molecule has 6 nitrogen and oxygen atoms in total. The minimum Gasteiger partial charge on any atom is -0.308 e. The Morgan fingerprint density at radius 1 is 1.26 bits per heavy atom. The van der Waals surface area contributed by atoms with Crippen LogP contribution in [0.5, 0.6) is 0 Å². The topological polar surface area (TPSA) is 60.6 Å². The van der Waals surface area contributed by atoms with Crippen LogP contribution in [0.3, 0.4) is 0 Å². The van der Waals surface area contributed by atoms with E-state index in [9.17, 15) is 4.39 Å². The second-order valence-electron chi connectivity index (χ2n) is 5.52.